The zero-order valence-electron chi connectivity index (χ0n) is 12.2. The number of nitrogens with two attached hydrogens (primary N) is 1. The van der Waals surface area contributed by atoms with E-state index in [1.165, 1.54) is 0 Å². The lowest BCUT2D eigenvalue weighted by Crippen LogP contribution is -2.29. The fourth-order valence-electron chi connectivity index (χ4n) is 2.00. The molecule has 4 nitrogen and oxygen atoms in total. The van der Waals surface area contributed by atoms with Crippen molar-refractivity contribution >= 4 is 0 Å². The van der Waals surface area contributed by atoms with Crippen LogP contribution in [0.2, 0.25) is 0 Å². The topological polar surface area (TPSA) is 56.5 Å². The minimum Gasteiger partial charge on any atom is -0.497 e. The van der Waals surface area contributed by atoms with Crippen molar-refractivity contribution in [3.63, 3.8) is 0 Å². The van der Waals surface area contributed by atoms with Crippen LogP contribution in [0.4, 0.5) is 0 Å². The predicted octanol–water partition coefficient (Wildman–Crippen LogP) is 1.82. The third kappa shape index (κ3) is 5.09. The Morgan fingerprint density at radius 3 is 2.63 bits per heavy atom. The number of methoxy groups -OCH3 is 2. The first-order valence-corrected chi connectivity index (χ1v) is 6.86. The summed E-state index contributed by atoms with van der Waals surface area (Å²) < 4.78 is 10.6. The van der Waals surface area contributed by atoms with Crippen LogP contribution in [0.5, 0.6) is 11.5 Å². The summed E-state index contributed by atoms with van der Waals surface area (Å²) in [6.45, 7) is 4.80. The predicted molar refractivity (Wildman–Crippen MR) is 79.0 cm³/mol. The molecule has 0 aliphatic heterocycles. The standard InChI is InChI=1S/C15H26N2O2/c1-4-12(10-16)11-17-8-7-13-9-14(18-2)5-6-15(13)19-3/h5-6,9,12,17H,4,7-8,10-11,16H2,1-3H3. The molecule has 0 saturated heterocycles. The van der Waals surface area contributed by atoms with Crippen molar-refractivity contribution in [3.8, 4) is 11.5 Å². The highest BCUT2D eigenvalue weighted by Crippen LogP contribution is 2.24. The molecule has 0 aliphatic carbocycles. The van der Waals surface area contributed by atoms with Gasteiger partial charge in [0.05, 0.1) is 14.2 Å². The number of hydrogen-bond acceptors (Lipinski definition) is 4. The Morgan fingerprint density at radius 2 is 2.05 bits per heavy atom. The Bertz CT molecular complexity index is 365. The molecular weight excluding hydrogens is 240 g/mol. The van der Waals surface area contributed by atoms with E-state index in [4.69, 9.17) is 15.2 Å². The second-order valence-electron chi connectivity index (χ2n) is 4.64. The molecule has 1 unspecified atom stereocenters. The van der Waals surface area contributed by atoms with Crippen LogP contribution in [0.3, 0.4) is 0 Å². The third-order valence-electron chi connectivity index (χ3n) is 3.40. The molecule has 108 valence electrons. The van der Waals surface area contributed by atoms with Gasteiger partial charge < -0.3 is 20.5 Å². The van der Waals surface area contributed by atoms with E-state index in [2.05, 4.69) is 12.2 Å². The molecule has 1 aromatic rings. The average molecular weight is 266 g/mol. The van der Waals surface area contributed by atoms with Gasteiger partial charge in [-0.25, -0.2) is 0 Å². The molecule has 0 bridgehead atoms. The maximum Gasteiger partial charge on any atom is 0.122 e. The van der Waals surface area contributed by atoms with E-state index in [1.54, 1.807) is 14.2 Å². The van der Waals surface area contributed by atoms with Gasteiger partial charge in [0.2, 0.25) is 0 Å². The largest absolute Gasteiger partial charge is 0.497 e. The van der Waals surface area contributed by atoms with E-state index in [9.17, 15) is 0 Å². The fourth-order valence-corrected chi connectivity index (χ4v) is 2.00. The van der Waals surface area contributed by atoms with Crippen LogP contribution in [0, 0.1) is 5.92 Å². The van der Waals surface area contributed by atoms with Crippen molar-refractivity contribution in [2.24, 2.45) is 11.7 Å². The minimum absolute atomic E-state index is 0.562. The van der Waals surface area contributed by atoms with Gasteiger partial charge >= 0.3 is 0 Å². The van der Waals surface area contributed by atoms with E-state index >= 15 is 0 Å². The van der Waals surface area contributed by atoms with Crippen molar-refractivity contribution < 1.29 is 9.47 Å². The van der Waals surface area contributed by atoms with Gasteiger partial charge in [-0.05, 0) is 55.7 Å². The second kappa shape index (κ2) is 8.77. The van der Waals surface area contributed by atoms with Crippen LogP contribution in [0.15, 0.2) is 18.2 Å². The summed E-state index contributed by atoms with van der Waals surface area (Å²) in [6.07, 6.45) is 2.04. The highest BCUT2D eigenvalue weighted by atomic mass is 16.5. The molecule has 0 saturated carbocycles. The Hall–Kier alpha value is -1.26. The summed E-state index contributed by atoms with van der Waals surface area (Å²) >= 11 is 0. The van der Waals surface area contributed by atoms with Crippen molar-refractivity contribution in [2.75, 3.05) is 33.9 Å². The molecule has 1 aromatic carbocycles. The van der Waals surface area contributed by atoms with Gasteiger partial charge in [-0.2, -0.15) is 0 Å². The maximum absolute atomic E-state index is 5.68. The van der Waals surface area contributed by atoms with Crippen molar-refractivity contribution in [1.82, 2.24) is 5.32 Å². The molecule has 0 aromatic heterocycles. The van der Waals surface area contributed by atoms with E-state index in [-0.39, 0.29) is 0 Å². The minimum atomic E-state index is 0.562. The Morgan fingerprint density at radius 1 is 1.26 bits per heavy atom. The first kappa shape index (κ1) is 15.8. The quantitative estimate of drug-likeness (QED) is 0.669. The molecule has 0 amide bonds. The summed E-state index contributed by atoms with van der Waals surface area (Å²) in [5, 5.41) is 3.45. The molecule has 3 N–H and O–H groups in total. The number of nitrogens with one attached hydrogen (secondary N) is 1. The molecular formula is C15H26N2O2. The van der Waals surface area contributed by atoms with E-state index < -0.39 is 0 Å². The molecule has 1 rings (SSSR count). The van der Waals surface area contributed by atoms with Crippen LogP contribution < -0.4 is 20.5 Å². The number of ether oxygens (including phenoxy) is 2. The lowest BCUT2D eigenvalue weighted by atomic mass is 10.1. The zero-order chi connectivity index (χ0) is 14.1. The zero-order valence-corrected chi connectivity index (χ0v) is 12.2. The lowest BCUT2D eigenvalue weighted by molar-refractivity contribution is 0.397. The molecule has 4 heteroatoms. The molecule has 0 aliphatic rings. The van der Waals surface area contributed by atoms with Crippen molar-refractivity contribution in [1.29, 1.82) is 0 Å². The van der Waals surface area contributed by atoms with Gasteiger partial charge in [-0.3, -0.25) is 0 Å². The Balaban J connectivity index is 2.47. The second-order valence-corrected chi connectivity index (χ2v) is 4.64. The first-order valence-electron chi connectivity index (χ1n) is 6.86. The van der Waals surface area contributed by atoms with Crippen LogP contribution in [-0.2, 0) is 6.42 Å². The van der Waals surface area contributed by atoms with Crippen LogP contribution >= 0.6 is 0 Å². The number of hydrogen-bond donors (Lipinski definition) is 2. The monoisotopic (exact) mass is 266 g/mol. The van der Waals surface area contributed by atoms with Gasteiger partial charge in [0, 0.05) is 0 Å². The summed E-state index contributed by atoms with van der Waals surface area (Å²) in [7, 11) is 3.37. The van der Waals surface area contributed by atoms with Gasteiger partial charge in [0.15, 0.2) is 0 Å². The average Bonchev–Trinajstić information content (AvgIpc) is 2.47. The van der Waals surface area contributed by atoms with E-state index in [0.717, 1.165) is 49.5 Å². The van der Waals surface area contributed by atoms with E-state index in [1.807, 2.05) is 18.2 Å². The normalized spacial score (nSPS) is 12.2. The van der Waals surface area contributed by atoms with Crippen LogP contribution in [0.1, 0.15) is 18.9 Å². The Kier molecular flexibility index (Phi) is 7.30. The summed E-state index contributed by atoms with van der Waals surface area (Å²) in [5.41, 5.74) is 6.85. The molecule has 1 atom stereocenters. The fraction of sp³-hybridized carbons (Fsp3) is 0.600. The van der Waals surface area contributed by atoms with E-state index in [0.29, 0.717) is 5.92 Å². The van der Waals surface area contributed by atoms with Gasteiger partial charge in [0.1, 0.15) is 11.5 Å². The van der Waals surface area contributed by atoms with Crippen LogP contribution in [-0.4, -0.2) is 33.9 Å². The highest BCUT2D eigenvalue weighted by molar-refractivity contribution is 5.40. The molecule has 19 heavy (non-hydrogen) atoms. The van der Waals surface area contributed by atoms with Gasteiger partial charge in [0.25, 0.3) is 0 Å². The van der Waals surface area contributed by atoms with Crippen molar-refractivity contribution in [3.05, 3.63) is 23.8 Å². The summed E-state index contributed by atoms with van der Waals surface area (Å²) in [6, 6.07) is 5.89. The molecule has 0 spiro atoms. The molecule has 0 fully saturated rings. The molecule has 0 radical (unpaired) electrons. The summed E-state index contributed by atoms with van der Waals surface area (Å²) in [5.74, 6) is 2.34. The number of rotatable bonds is 9. The SMILES string of the molecule is CCC(CN)CNCCc1cc(OC)ccc1OC. The Labute approximate surface area is 116 Å². The first-order chi connectivity index (χ1) is 9.24. The maximum atomic E-state index is 5.68. The van der Waals surface area contributed by atoms with Gasteiger partial charge in [-0.1, -0.05) is 13.3 Å². The van der Waals surface area contributed by atoms with Crippen molar-refractivity contribution in [2.45, 2.75) is 19.8 Å². The smallest absolute Gasteiger partial charge is 0.122 e. The summed E-state index contributed by atoms with van der Waals surface area (Å²) in [4.78, 5) is 0. The molecule has 0 heterocycles. The number of benzene rings is 1. The van der Waals surface area contributed by atoms with Gasteiger partial charge in [-0.15, -0.1) is 0 Å². The van der Waals surface area contributed by atoms with Crippen LogP contribution in [0.25, 0.3) is 0 Å². The third-order valence-corrected chi connectivity index (χ3v) is 3.40. The lowest BCUT2D eigenvalue weighted by Gasteiger charge is -2.14. The highest BCUT2D eigenvalue weighted by Gasteiger charge is 2.06.